The second-order valence-corrected chi connectivity index (χ2v) is 8.26. The Bertz CT molecular complexity index is 913. The number of aryl methyl sites for hydroxylation is 1. The summed E-state index contributed by atoms with van der Waals surface area (Å²) in [7, 11) is 4.20. The summed E-state index contributed by atoms with van der Waals surface area (Å²) in [5, 5.41) is 4.66. The molecule has 3 aromatic heterocycles. The Morgan fingerprint density at radius 3 is 2.81 bits per heavy atom. The van der Waals surface area contributed by atoms with Crippen LogP contribution in [0.15, 0.2) is 12.4 Å². The van der Waals surface area contributed by atoms with Gasteiger partial charge in [-0.25, -0.2) is 15.0 Å². The molecule has 1 saturated heterocycles. The highest BCUT2D eigenvalue weighted by atomic mass is 32.1. The monoisotopic (exact) mass is 370 g/mol. The molecule has 0 saturated carbocycles. The van der Waals surface area contributed by atoms with Crippen LogP contribution in [0, 0.1) is 6.92 Å². The molecule has 0 aromatic carbocycles. The lowest BCUT2D eigenvalue weighted by atomic mass is 10.2. The molecule has 4 heterocycles. The van der Waals surface area contributed by atoms with Crippen LogP contribution in [0.3, 0.4) is 0 Å². The van der Waals surface area contributed by atoms with Gasteiger partial charge >= 0.3 is 0 Å². The molecule has 26 heavy (non-hydrogen) atoms. The van der Waals surface area contributed by atoms with Gasteiger partial charge in [0.25, 0.3) is 0 Å². The second kappa shape index (κ2) is 7.32. The molecule has 1 aliphatic rings. The topological polar surface area (TPSA) is 57.2 Å². The minimum Gasteiger partial charge on any atom is -0.369 e. The number of hydrogen-bond acceptors (Lipinski definition) is 7. The molecular weight excluding hydrogens is 344 g/mol. The third kappa shape index (κ3) is 3.33. The smallest absolute Gasteiger partial charge is 0.147 e. The summed E-state index contributed by atoms with van der Waals surface area (Å²) in [6.45, 7) is 6.36. The molecule has 1 fully saturated rings. The van der Waals surface area contributed by atoms with E-state index in [0.717, 1.165) is 59.3 Å². The third-order valence-electron chi connectivity index (χ3n) is 4.91. The maximum absolute atomic E-state index is 4.96. The standard InChI is InChI=1S/C19H26N6S/c1-13-11-14(25-9-4-5-10-25)23-19-15(13)16-17(26-19)18(22-12-21-16)20-7-6-8-24(2)3/h11-12H,4-10H2,1-3H3,(H,20,21,22). The third-order valence-corrected chi connectivity index (χ3v) is 5.99. The summed E-state index contributed by atoms with van der Waals surface area (Å²) in [4.78, 5) is 19.7. The molecule has 0 bridgehead atoms. The number of thiophene rings is 1. The predicted molar refractivity (Wildman–Crippen MR) is 111 cm³/mol. The van der Waals surface area contributed by atoms with Crippen molar-refractivity contribution in [1.82, 2.24) is 19.9 Å². The fourth-order valence-electron chi connectivity index (χ4n) is 3.57. The van der Waals surface area contributed by atoms with Gasteiger partial charge in [0, 0.05) is 25.0 Å². The number of rotatable bonds is 6. The Morgan fingerprint density at radius 2 is 2.04 bits per heavy atom. The molecule has 7 heteroatoms. The lowest BCUT2D eigenvalue weighted by Crippen LogP contribution is -2.18. The first-order valence-electron chi connectivity index (χ1n) is 9.32. The average molecular weight is 371 g/mol. The van der Waals surface area contributed by atoms with Crippen LogP contribution >= 0.6 is 11.3 Å². The SMILES string of the molecule is Cc1cc(N2CCCC2)nc2sc3c(NCCCN(C)C)ncnc3c12. The Labute approximate surface area is 158 Å². The quantitative estimate of drug-likeness (QED) is 0.670. The Kier molecular flexibility index (Phi) is 4.91. The van der Waals surface area contributed by atoms with Crippen LogP contribution in [-0.4, -0.2) is 60.1 Å². The molecule has 0 aliphatic carbocycles. The summed E-state index contributed by atoms with van der Waals surface area (Å²) in [5.41, 5.74) is 2.27. The molecular formula is C19H26N6S. The van der Waals surface area contributed by atoms with Crippen LogP contribution in [0.4, 0.5) is 11.6 Å². The van der Waals surface area contributed by atoms with Crippen molar-refractivity contribution < 1.29 is 0 Å². The first-order chi connectivity index (χ1) is 12.6. The highest BCUT2D eigenvalue weighted by Gasteiger charge is 2.19. The van der Waals surface area contributed by atoms with Gasteiger partial charge in [-0.15, -0.1) is 11.3 Å². The van der Waals surface area contributed by atoms with Gasteiger partial charge in [-0.3, -0.25) is 0 Å². The van der Waals surface area contributed by atoms with Gasteiger partial charge < -0.3 is 15.1 Å². The summed E-state index contributed by atoms with van der Waals surface area (Å²) in [6, 6.07) is 2.21. The van der Waals surface area contributed by atoms with Gasteiger partial charge in [0.2, 0.25) is 0 Å². The minimum atomic E-state index is 0.907. The van der Waals surface area contributed by atoms with Gasteiger partial charge in [0.1, 0.15) is 22.8 Å². The maximum Gasteiger partial charge on any atom is 0.147 e. The summed E-state index contributed by atoms with van der Waals surface area (Å²) in [5.74, 6) is 2.03. The van der Waals surface area contributed by atoms with E-state index in [1.807, 2.05) is 0 Å². The van der Waals surface area contributed by atoms with E-state index >= 15 is 0 Å². The van der Waals surface area contributed by atoms with Crippen LogP contribution in [0.25, 0.3) is 20.4 Å². The fourth-order valence-corrected chi connectivity index (χ4v) is 4.74. The Hall–Kier alpha value is -1.99. The van der Waals surface area contributed by atoms with E-state index in [1.54, 1.807) is 17.7 Å². The Morgan fingerprint density at radius 1 is 1.23 bits per heavy atom. The first-order valence-corrected chi connectivity index (χ1v) is 10.1. The van der Waals surface area contributed by atoms with Crippen LogP contribution in [0.1, 0.15) is 24.8 Å². The molecule has 1 aliphatic heterocycles. The van der Waals surface area contributed by atoms with Crippen LogP contribution in [0.5, 0.6) is 0 Å². The fraction of sp³-hybridized carbons (Fsp3) is 0.526. The number of hydrogen-bond donors (Lipinski definition) is 1. The van der Waals surface area contributed by atoms with Gasteiger partial charge in [-0.1, -0.05) is 0 Å². The number of nitrogens with zero attached hydrogens (tertiary/aromatic N) is 5. The summed E-state index contributed by atoms with van der Waals surface area (Å²) in [6.07, 6.45) is 5.27. The van der Waals surface area contributed by atoms with E-state index < -0.39 is 0 Å². The number of aromatic nitrogens is 3. The number of anilines is 2. The molecule has 1 N–H and O–H groups in total. The largest absolute Gasteiger partial charge is 0.369 e. The van der Waals surface area contributed by atoms with Gasteiger partial charge in [-0.2, -0.15) is 0 Å². The molecule has 138 valence electrons. The molecule has 6 nitrogen and oxygen atoms in total. The van der Waals surface area contributed by atoms with Crippen LogP contribution < -0.4 is 10.2 Å². The Balaban J connectivity index is 1.68. The van der Waals surface area contributed by atoms with Crippen molar-refractivity contribution in [2.75, 3.05) is 50.5 Å². The normalized spacial score (nSPS) is 14.8. The maximum atomic E-state index is 4.96. The van der Waals surface area contributed by atoms with E-state index in [9.17, 15) is 0 Å². The summed E-state index contributed by atoms with van der Waals surface area (Å²) < 4.78 is 1.11. The van der Waals surface area contributed by atoms with E-state index in [2.05, 4.69) is 52.2 Å². The molecule has 0 spiro atoms. The van der Waals surface area contributed by atoms with Gasteiger partial charge in [0.05, 0.1) is 10.2 Å². The lowest BCUT2D eigenvalue weighted by molar-refractivity contribution is 0.405. The molecule has 0 amide bonds. The van der Waals surface area contributed by atoms with E-state index in [1.165, 1.54) is 23.8 Å². The van der Waals surface area contributed by atoms with Gasteiger partial charge in [-0.05, 0) is 58.5 Å². The minimum absolute atomic E-state index is 0.907. The van der Waals surface area contributed by atoms with E-state index in [-0.39, 0.29) is 0 Å². The zero-order valence-electron chi connectivity index (χ0n) is 15.7. The van der Waals surface area contributed by atoms with Crippen molar-refractivity contribution in [3.63, 3.8) is 0 Å². The molecule has 0 radical (unpaired) electrons. The van der Waals surface area contributed by atoms with Crippen molar-refractivity contribution >= 4 is 43.4 Å². The average Bonchev–Trinajstić information content (AvgIpc) is 3.26. The van der Waals surface area contributed by atoms with Crippen molar-refractivity contribution in [2.24, 2.45) is 0 Å². The number of nitrogens with one attached hydrogen (secondary N) is 1. The summed E-state index contributed by atoms with van der Waals surface area (Å²) >= 11 is 1.70. The highest BCUT2D eigenvalue weighted by molar-refractivity contribution is 7.26. The van der Waals surface area contributed by atoms with Crippen LogP contribution in [-0.2, 0) is 0 Å². The molecule has 0 unspecified atom stereocenters. The molecule has 0 atom stereocenters. The van der Waals surface area contributed by atoms with Gasteiger partial charge in [0.15, 0.2) is 0 Å². The van der Waals surface area contributed by atoms with Crippen molar-refractivity contribution in [1.29, 1.82) is 0 Å². The first kappa shape index (κ1) is 17.4. The highest BCUT2D eigenvalue weighted by Crippen LogP contribution is 2.38. The zero-order valence-corrected chi connectivity index (χ0v) is 16.6. The zero-order chi connectivity index (χ0) is 18.1. The number of pyridine rings is 1. The van der Waals surface area contributed by atoms with Crippen LogP contribution in [0.2, 0.25) is 0 Å². The van der Waals surface area contributed by atoms with Crippen molar-refractivity contribution in [3.05, 3.63) is 18.0 Å². The van der Waals surface area contributed by atoms with E-state index in [0.29, 0.717) is 0 Å². The van der Waals surface area contributed by atoms with E-state index in [4.69, 9.17) is 4.98 Å². The molecule has 3 aromatic rings. The number of fused-ring (bicyclic) bond motifs is 3. The van der Waals surface area contributed by atoms with Crippen molar-refractivity contribution in [3.8, 4) is 0 Å². The lowest BCUT2D eigenvalue weighted by Gasteiger charge is -2.16. The predicted octanol–water partition coefficient (Wildman–Crippen LogP) is 3.51. The molecule has 4 rings (SSSR count). The second-order valence-electron chi connectivity index (χ2n) is 7.26. The van der Waals surface area contributed by atoms with Crippen molar-refractivity contribution in [2.45, 2.75) is 26.2 Å².